The largest absolute Gasteiger partial charge is 0.496 e. The molecule has 0 radical (unpaired) electrons. The molecule has 0 aromatic heterocycles. The fourth-order valence-electron chi connectivity index (χ4n) is 3.11. The molecule has 0 saturated carbocycles. The maximum atomic E-state index is 13.0. The molecule has 27 heavy (non-hydrogen) atoms. The van der Waals surface area contributed by atoms with E-state index in [0.717, 1.165) is 0 Å². The van der Waals surface area contributed by atoms with Crippen molar-refractivity contribution >= 4 is 23.4 Å². The van der Waals surface area contributed by atoms with Crippen molar-refractivity contribution in [3.8, 4) is 11.5 Å². The predicted molar refractivity (Wildman–Crippen MR) is 103 cm³/mol. The lowest BCUT2D eigenvalue weighted by Gasteiger charge is -2.35. The first kappa shape index (κ1) is 19.0. The van der Waals surface area contributed by atoms with Gasteiger partial charge < -0.3 is 19.3 Å². The molecule has 0 N–H and O–H groups in total. The smallest absolute Gasteiger partial charge is 0.261 e. The van der Waals surface area contributed by atoms with Gasteiger partial charge in [-0.3, -0.25) is 9.59 Å². The number of halogens is 1. The second-order valence-corrected chi connectivity index (χ2v) is 6.57. The highest BCUT2D eigenvalue weighted by molar-refractivity contribution is 6.30. The summed E-state index contributed by atoms with van der Waals surface area (Å²) in [6.07, 6.45) is 0. The second kappa shape index (κ2) is 8.31. The number of carbonyl (C=O) groups excluding carboxylic acids is 2. The zero-order chi connectivity index (χ0) is 19.4. The minimum Gasteiger partial charge on any atom is -0.496 e. The van der Waals surface area contributed by atoms with E-state index in [0.29, 0.717) is 53.8 Å². The third kappa shape index (κ3) is 4.01. The van der Waals surface area contributed by atoms with Crippen molar-refractivity contribution in [2.24, 2.45) is 0 Å². The molecule has 1 aliphatic heterocycles. The molecule has 1 fully saturated rings. The van der Waals surface area contributed by atoms with Crippen LogP contribution in [0.1, 0.15) is 20.7 Å². The van der Waals surface area contributed by atoms with Crippen LogP contribution in [0.15, 0.2) is 42.5 Å². The average molecular weight is 389 g/mol. The molecule has 1 aliphatic rings. The van der Waals surface area contributed by atoms with Crippen molar-refractivity contribution in [1.82, 2.24) is 9.80 Å². The van der Waals surface area contributed by atoms with Crippen molar-refractivity contribution in [2.75, 3.05) is 40.4 Å². The van der Waals surface area contributed by atoms with Crippen LogP contribution in [-0.2, 0) is 0 Å². The van der Waals surface area contributed by atoms with E-state index in [1.54, 1.807) is 52.3 Å². The Kier molecular flexibility index (Phi) is 5.86. The van der Waals surface area contributed by atoms with E-state index in [-0.39, 0.29) is 11.8 Å². The van der Waals surface area contributed by atoms with E-state index in [2.05, 4.69) is 0 Å². The molecule has 0 bridgehead atoms. The minimum atomic E-state index is -0.164. The topological polar surface area (TPSA) is 59.1 Å². The molecular formula is C20H21ClN2O4. The number of ether oxygens (including phenoxy) is 2. The number of nitrogens with zero attached hydrogens (tertiary/aromatic N) is 2. The van der Waals surface area contributed by atoms with Crippen LogP contribution < -0.4 is 9.47 Å². The Morgan fingerprint density at radius 1 is 0.815 bits per heavy atom. The standard InChI is InChI=1S/C20H21ClN2O4/c1-26-16-4-3-5-17(27-2)18(16)20(25)23-12-10-22(11-13-23)19(24)14-6-8-15(21)9-7-14/h3-9H,10-13H2,1-2H3. The summed E-state index contributed by atoms with van der Waals surface area (Å²) in [7, 11) is 3.04. The first-order chi connectivity index (χ1) is 13.0. The Hall–Kier alpha value is -2.73. The Morgan fingerprint density at radius 3 is 1.78 bits per heavy atom. The molecule has 0 unspecified atom stereocenters. The molecule has 0 spiro atoms. The Labute approximate surface area is 163 Å². The summed E-state index contributed by atoms with van der Waals surface area (Å²) in [6.45, 7) is 1.81. The van der Waals surface area contributed by atoms with Gasteiger partial charge >= 0.3 is 0 Å². The highest BCUT2D eigenvalue weighted by Gasteiger charge is 2.28. The molecular weight excluding hydrogens is 368 g/mol. The van der Waals surface area contributed by atoms with Crippen molar-refractivity contribution in [2.45, 2.75) is 0 Å². The molecule has 0 aliphatic carbocycles. The van der Waals surface area contributed by atoms with Gasteiger partial charge in [-0.05, 0) is 36.4 Å². The number of methoxy groups -OCH3 is 2. The number of hydrogen-bond donors (Lipinski definition) is 0. The molecule has 1 saturated heterocycles. The highest BCUT2D eigenvalue weighted by atomic mass is 35.5. The number of rotatable bonds is 4. The van der Waals surface area contributed by atoms with Gasteiger partial charge in [0, 0.05) is 36.8 Å². The van der Waals surface area contributed by atoms with Crippen LogP contribution in [0.2, 0.25) is 5.02 Å². The van der Waals surface area contributed by atoms with E-state index in [9.17, 15) is 9.59 Å². The van der Waals surface area contributed by atoms with Gasteiger partial charge in [-0.2, -0.15) is 0 Å². The Balaban J connectivity index is 1.70. The van der Waals surface area contributed by atoms with Crippen LogP contribution in [0.3, 0.4) is 0 Å². The van der Waals surface area contributed by atoms with Crippen molar-refractivity contribution in [3.63, 3.8) is 0 Å². The Bertz CT molecular complexity index is 808. The summed E-state index contributed by atoms with van der Waals surface area (Å²) in [5, 5.41) is 0.590. The van der Waals surface area contributed by atoms with Gasteiger partial charge in [0.25, 0.3) is 11.8 Å². The molecule has 1 heterocycles. The lowest BCUT2D eigenvalue weighted by Crippen LogP contribution is -2.50. The number of piperazine rings is 1. The zero-order valence-electron chi connectivity index (χ0n) is 15.3. The molecule has 2 amide bonds. The third-order valence-corrected chi connectivity index (χ3v) is 4.84. The quantitative estimate of drug-likeness (QED) is 0.808. The highest BCUT2D eigenvalue weighted by Crippen LogP contribution is 2.30. The maximum absolute atomic E-state index is 13.0. The average Bonchev–Trinajstić information content (AvgIpc) is 2.72. The normalized spacial score (nSPS) is 14.0. The lowest BCUT2D eigenvalue weighted by molar-refractivity contribution is 0.0531. The monoisotopic (exact) mass is 388 g/mol. The van der Waals surface area contributed by atoms with Gasteiger partial charge in [-0.15, -0.1) is 0 Å². The van der Waals surface area contributed by atoms with Crippen molar-refractivity contribution < 1.29 is 19.1 Å². The number of benzene rings is 2. The molecule has 142 valence electrons. The summed E-state index contributed by atoms with van der Waals surface area (Å²) in [6, 6.07) is 12.1. The van der Waals surface area contributed by atoms with Crippen LogP contribution in [0.4, 0.5) is 0 Å². The Morgan fingerprint density at radius 2 is 1.30 bits per heavy atom. The van der Waals surface area contributed by atoms with Gasteiger partial charge in [0.05, 0.1) is 14.2 Å². The van der Waals surface area contributed by atoms with Crippen LogP contribution >= 0.6 is 11.6 Å². The summed E-state index contributed by atoms with van der Waals surface area (Å²) in [5.41, 5.74) is 0.991. The fraction of sp³-hybridized carbons (Fsp3) is 0.300. The van der Waals surface area contributed by atoms with Gasteiger partial charge in [0.15, 0.2) is 0 Å². The number of carbonyl (C=O) groups is 2. The van der Waals surface area contributed by atoms with Gasteiger partial charge in [-0.1, -0.05) is 17.7 Å². The summed E-state index contributed by atoms with van der Waals surface area (Å²) in [4.78, 5) is 29.0. The van der Waals surface area contributed by atoms with E-state index in [4.69, 9.17) is 21.1 Å². The first-order valence-electron chi connectivity index (χ1n) is 8.60. The SMILES string of the molecule is COc1cccc(OC)c1C(=O)N1CCN(C(=O)c2ccc(Cl)cc2)CC1. The minimum absolute atomic E-state index is 0.0614. The van der Waals surface area contributed by atoms with Crippen molar-refractivity contribution in [1.29, 1.82) is 0 Å². The van der Waals surface area contributed by atoms with E-state index in [1.807, 2.05) is 0 Å². The molecule has 6 nitrogen and oxygen atoms in total. The van der Waals surface area contributed by atoms with Crippen LogP contribution in [0.25, 0.3) is 0 Å². The van der Waals surface area contributed by atoms with Crippen LogP contribution in [0.5, 0.6) is 11.5 Å². The lowest BCUT2D eigenvalue weighted by atomic mass is 10.1. The molecule has 0 atom stereocenters. The zero-order valence-corrected chi connectivity index (χ0v) is 16.0. The second-order valence-electron chi connectivity index (χ2n) is 6.13. The van der Waals surface area contributed by atoms with Gasteiger partial charge in [-0.25, -0.2) is 0 Å². The predicted octanol–water partition coefficient (Wildman–Crippen LogP) is 2.96. The fourth-order valence-corrected chi connectivity index (χ4v) is 3.23. The summed E-state index contributed by atoms with van der Waals surface area (Å²) < 4.78 is 10.6. The third-order valence-electron chi connectivity index (χ3n) is 4.59. The molecule has 2 aromatic carbocycles. The molecule has 2 aromatic rings. The molecule has 3 rings (SSSR count). The summed E-state index contributed by atoms with van der Waals surface area (Å²) >= 11 is 5.87. The number of amides is 2. The van der Waals surface area contributed by atoms with Gasteiger partial charge in [0.1, 0.15) is 17.1 Å². The molecule has 7 heteroatoms. The van der Waals surface area contributed by atoms with E-state index < -0.39 is 0 Å². The number of hydrogen-bond acceptors (Lipinski definition) is 4. The maximum Gasteiger partial charge on any atom is 0.261 e. The first-order valence-corrected chi connectivity index (χ1v) is 8.98. The van der Waals surface area contributed by atoms with E-state index in [1.165, 1.54) is 14.2 Å². The van der Waals surface area contributed by atoms with Crippen LogP contribution in [-0.4, -0.2) is 62.0 Å². The van der Waals surface area contributed by atoms with E-state index >= 15 is 0 Å². The van der Waals surface area contributed by atoms with Crippen LogP contribution in [0, 0.1) is 0 Å². The van der Waals surface area contributed by atoms with Crippen molar-refractivity contribution in [3.05, 3.63) is 58.6 Å². The van der Waals surface area contributed by atoms with Gasteiger partial charge in [0.2, 0.25) is 0 Å². The summed E-state index contributed by atoms with van der Waals surface area (Å²) in [5.74, 6) is 0.717.